The van der Waals surface area contributed by atoms with Crippen LogP contribution in [0.5, 0.6) is 5.75 Å². The molecule has 4 heterocycles. The SMILES string of the molecule is CCc1c2c(nc3ccc(O)cc13)-c1cc3c(c(=O)n1C2)COC(=O)[C@@]3(CC)OC(=O)CCCOCC(C)(C)C. The average molecular weight is 549 g/mol. The first-order valence-corrected chi connectivity index (χ1v) is 13.9. The molecule has 1 N–H and O–H groups in total. The van der Waals surface area contributed by atoms with Crippen LogP contribution in [-0.4, -0.2) is 39.8 Å². The number of hydrogen-bond donors (Lipinski definition) is 1. The number of cyclic esters (lactones) is 1. The summed E-state index contributed by atoms with van der Waals surface area (Å²) < 4.78 is 18.6. The van der Waals surface area contributed by atoms with E-state index in [4.69, 9.17) is 19.2 Å². The van der Waals surface area contributed by atoms with E-state index in [0.717, 1.165) is 16.5 Å². The van der Waals surface area contributed by atoms with Gasteiger partial charge in [-0.25, -0.2) is 9.78 Å². The maximum atomic E-state index is 13.8. The first kappa shape index (κ1) is 27.8. The van der Waals surface area contributed by atoms with Crippen LogP contribution in [0.15, 0.2) is 29.1 Å². The van der Waals surface area contributed by atoms with Gasteiger partial charge in [0.15, 0.2) is 0 Å². The molecule has 9 nitrogen and oxygen atoms in total. The number of ether oxygens (including phenoxy) is 3. The second-order valence-corrected chi connectivity index (χ2v) is 11.7. The third kappa shape index (κ3) is 4.76. The molecule has 0 spiro atoms. The lowest BCUT2D eigenvalue weighted by atomic mass is 9.85. The molecule has 1 atom stereocenters. The number of hydrogen-bond acceptors (Lipinski definition) is 8. The van der Waals surface area contributed by atoms with Crippen molar-refractivity contribution < 1.29 is 28.9 Å². The van der Waals surface area contributed by atoms with Gasteiger partial charge in [-0.2, -0.15) is 0 Å². The van der Waals surface area contributed by atoms with Gasteiger partial charge in [-0.15, -0.1) is 0 Å². The maximum Gasteiger partial charge on any atom is 0.355 e. The lowest BCUT2D eigenvalue weighted by Gasteiger charge is -2.35. The monoisotopic (exact) mass is 548 g/mol. The van der Waals surface area contributed by atoms with Crippen LogP contribution in [-0.2, 0) is 49.0 Å². The molecule has 0 aliphatic carbocycles. The summed E-state index contributed by atoms with van der Waals surface area (Å²) in [5, 5.41) is 10.9. The van der Waals surface area contributed by atoms with Gasteiger partial charge < -0.3 is 23.9 Å². The summed E-state index contributed by atoms with van der Waals surface area (Å²) in [6.45, 7) is 11.1. The van der Waals surface area contributed by atoms with Crippen molar-refractivity contribution in [2.75, 3.05) is 13.2 Å². The Morgan fingerprint density at radius 3 is 2.65 bits per heavy atom. The molecule has 0 bridgehead atoms. The molecule has 0 amide bonds. The van der Waals surface area contributed by atoms with Gasteiger partial charge in [0, 0.05) is 29.5 Å². The minimum atomic E-state index is -1.72. The summed E-state index contributed by atoms with van der Waals surface area (Å²) in [4.78, 5) is 44.8. The number of fused-ring (bicyclic) bond motifs is 5. The molecule has 2 aliphatic rings. The van der Waals surface area contributed by atoms with E-state index in [1.54, 1.807) is 35.8 Å². The van der Waals surface area contributed by atoms with Crippen LogP contribution in [0.4, 0.5) is 0 Å². The van der Waals surface area contributed by atoms with Crippen molar-refractivity contribution in [1.29, 1.82) is 0 Å². The number of aromatic nitrogens is 2. The number of aryl methyl sites for hydroxylation is 1. The molecular formula is C31H36N2O7. The molecule has 0 radical (unpaired) electrons. The molecule has 0 fully saturated rings. The normalized spacial score (nSPS) is 17.8. The Bertz CT molecular complexity index is 1570. The van der Waals surface area contributed by atoms with E-state index >= 15 is 0 Å². The molecule has 2 aromatic heterocycles. The van der Waals surface area contributed by atoms with Crippen LogP contribution in [0.2, 0.25) is 0 Å². The van der Waals surface area contributed by atoms with Crippen LogP contribution in [0.25, 0.3) is 22.3 Å². The smallest absolute Gasteiger partial charge is 0.355 e. The summed E-state index contributed by atoms with van der Waals surface area (Å²) in [5.74, 6) is -1.08. The van der Waals surface area contributed by atoms with Gasteiger partial charge in [0.2, 0.25) is 5.60 Å². The van der Waals surface area contributed by atoms with E-state index in [0.29, 0.717) is 60.6 Å². The molecule has 3 aromatic rings. The van der Waals surface area contributed by atoms with Crippen LogP contribution >= 0.6 is 0 Å². The Balaban J connectivity index is 1.52. The topological polar surface area (TPSA) is 117 Å². The highest BCUT2D eigenvalue weighted by Gasteiger charge is 2.50. The highest BCUT2D eigenvalue weighted by Crippen LogP contribution is 2.42. The van der Waals surface area contributed by atoms with Gasteiger partial charge in [0.1, 0.15) is 12.4 Å². The van der Waals surface area contributed by atoms with Crippen molar-refractivity contribution in [2.45, 2.75) is 79.1 Å². The van der Waals surface area contributed by atoms with Gasteiger partial charge in [0.25, 0.3) is 5.56 Å². The zero-order valence-corrected chi connectivity index (χ0v) is 23.8. The van der Waals surface area contributed by atoms with E-state index in [-0.39, 0.29) is 36.2 Å². The van der Waals surface area contributed by atoms with Crippen molar-refractivity contribution in [3.8, 4) is 17.1 Å². The average Bonchev–Trinajstić information content (AvgIpc) is 3.27. The first-order valence-electron chi connectivity index (χ1n) is 13.9. The highest BCUT2D eigenvalue weighted by molar-refractivity contribution is 5.90. The lowest BCUT2D eigenvalue weighted by molar-refractivity contribution is -0.189. The van der Waals surface area contributed by atoms with E-state index in [1.165, 1.54) is 0 Å². The number of carbonyl (C=O) groups is 2. The van der Waals surface area contributed by atoms with E-state index < -0.39 is 17.5 Å². The summed E-state index contributed by atoms with van der Waals surface area (Å²) in [7, 11) is 0. The fourth-order valence-corrected chi connectivity index (χ4v) is 5.65. The van der Waals surface area contributed by atoms with Gasteiger partial charge in [0.05, 0.1) is 35.6 Å². The summed E-state index contributed by atoms with van der Waals surface area (Å²) >= 11 is 0. The number of phenolic OH excluding ortho intramolecular Hbond substituents is 1. The van der Waals surface area contributed by atoms with E-state index in [1.807, 2.05) is 6.92 Å². The molecule has 0 saturated carbocycles. The molecule has 5 rings (SSSR count). The predicted octanol–water partition coefficient (Wildman–Crippen LogP) is 4.74. The fraction of sp³-hybridized carbons (Fsp3) is 0.484. The van der Waals surface area contributed by atoms with Gasteiger partial charge in [-0.3, -0.25) is 9.59 Å². The number of pyridine rings is 2. The Hall–Kier alpha value is -3.72. The minimum absolute atomic E-state index is 0.0239. The van der Waals surface area contributed by atoms with Crippen molar-refractivity contribution in [1.82, 2.24) is 9.55 Å². The fourth-order valence-electron chi connectivity index (χ4n) is 5.65. The van der Waals surface area contributed by atoms with Crippen LogP contribution in [0, 0.1) is 5.41 Å². The van der Waals surface area contributed by atoms with Gasteiger partial charge >= 0.3 is 11.9 Å². The molecule has 40 heavy (non-hydrogen) atoms. The Kier molecular flexibility index (Phi) is 7.20. The second kappa shape index (κ2) is 10.4. The molecule has 9 heteroatoms. The second-order valence-electron chi connectivity index (χ2n) is 11.7. The minimum Gasteiger partial charge on any atom is -0.508 e. The number of nitrogens with zero attached hydrogens (tertiary/aromatic N) is 2. The van der Waals surface area contributed by atoms with Crippen molar-refractivity contribution in [3.63, 3.8) is 0 Å². The van der Waals surface area contributed by atoms with E-state index in [9.17, 15) is 19.5 Å². The molecule has 0 unspecified atom stereocenters. The maximum absolute atomic E-state index is 13.8. The number of aromatic hydroxyl groups is 1. The Morgan fingerprint density at radius 2 is 1.95 bits per heavy atom. The van der Waals surface area contributed by atoms with Gasteiger partial charge in [-0.05, 0) is 54.5 Å². The van der Waals surface area contributed by atoms with Crippen LogP contribution in [0.3, 0.4) is 0 Å². The van der Waals surface area contributed by atoms with Crippen LogP contribution < -0.4 is 5.56 Å². The molecule has 212 valence electrons. The zero-order chi connectivity index (χ0) is 28.8. The number of esters is 2. The first-order chi connectivity index (χ1) is 19.0. The number of benzene rings is 1. The molecule has 0 saturated heterocycles. The number of phenols is 1. The molecule has 1 aromatic carbocycles. The lowest BCUT2D eigenvalue weighted by Crippen LogP contribution is -2.47. The van der Waals surface area contributed by atoms with Crippen molar-refractivity contribution in [2.24, 2.45) is 5.41 Å². The van der Waals surface area contributed by atoms with Crippen molar-refractivity contribution >= 4 is 22.8 Å². The van der Waals surface area contributed by atoms with Crippen LogP contribution in [0.1, 0.15) is 76.1 Å². The third-order valence-electron chi connectivity index (χ3n) is 7.60. The standard InChI is InChI=1S/C31H36N2O7/c1-6-19-20-13-18(34)10-11-24(20)32-27-21(19)15-33-25(27)14-23-22(28(33)36)16-39-29(37)31(23,7-2)40-26(35)9-8-12-38-17-30(3,4)5/h10-11,13-14,34H,6-9,12,15-17H2,1-5H3/t31-/m0/s1. The Labute approximate surface area is 233 Å². The summed E-state index contributed by atoms with van der Waals surface area (Å²) in [6.07, 6.45) is 1.32. The predicted molar refractivity (Wildman–Crippen MR) is 149 cm³/mol. The quantitative estimate of drug-likeness (QED) is 0.248. The highest BCUT2D eigenvalue weighted by atomic mass is 16.6. The molecular weight excluding hydrogens is 512 g/mol. The summed E-state index contributed by atoms with van der Waals surface area (Å²) in [5.41, 5.74) is 2.51. The Morgan fingerprint density at radius 1 is 1.18 bits per heavy atom. The van der Waals surface area contributed by atoms with E-state index in [2.05, 4.69) is 20.8 Å². The number of carbonyl (C=O) groups excluding carboxylic acids is 2. The van der Waals surface area contributed by atoms with Crippen molar-refractivity contribution in [3.05, 3.63) is 56.9 Å². The largest absolute Gasteiger partial charge is 0.508 e. The number of rotatable bonds is 8. The molecule has 2 aliphatic heterocycles. The van der Waals surface area contributed by atoms with Gasteiger partial charge in [-0.1, -0.05) is 34.6 Å². The summed E-state index contributed by atoms with van der Waals surface area (Å²) in [6, 6.07) is 6.80. The third-order valence-corrected chi connectivity index (χ3v) is 7.60. The zero-order valence-electron chi connectivity index (χ0n) is 23.8.